The van der Waals surface area contributed by atoms with Gasteiger partial charge < -0.3 is 5.11 Å². The molecule has 0 saturated carbocycles. The van der Waals surface area contributed by atoms with E-state index >= 15 is 0 Å². The molecule has 0 aliphatic rings. The summed E-state index contributed by atoms with van der Waals surface area (Å²) in [4.78, 5) is 17.2. The fourth-order valence-corrected chi connectivity index (χ4v) is 4.00. The maximum Gasteiger partial charge on any atom is 0.333 e. The fourth-order valence-electron chi connectivity index (χ4n) is 4.00. The smallest absolute Gasteiger partial charge is 0.333 e. The van der Waals surface area contributed by atoms with Crippen molar-refractivity contribution in [2.45, 2.75) is 25.1 Å². The average Bonchev–Trinajstić information content (AvgIpc) is 3.61. The van der Waals surface area contributed by atoms with Gasteiger partial charge in [-0.1, -0.05) is 6.07 Å². The van der Waals surface area contributed by atoms with Gasteiger partial charge in [-0.15, -0.1) is 5.10 Å². The van der Waals surface area contributed by atoms with E-state index in [-0.39, 0.29) is 12.1 Å². The Morgan fingerprint density at radius 1 is 1.06 bits per heavy atom. The van der Waals surface area contributed by atoms with Crippen LogP contribution in [0.3, 0.4) is 0 Å². The van der Waals surface area contributed by atoms with Crippen LogP contribution >= 0.6 is 0 Å². The largest absolute Gasteiger partial charge is 0.381 e. The number of hydrogen-bond donors (Lipinski definition) is 1. The van der Waals surface area contributed by atoms with E-state index in [1.54, 1.807) is 37.4 Å². The molecule has 0 saturated heterocycles. The fraction of sp³-hybridized carbons (Fsp3) is 0.182. The second kappa shape index (κ2) is 8.68. The van der Waals surface area contributed by atoms with Gasteiger partial charge in [0.05, 0.1) is 24.0 Å². The monoisotopic (exact) mass is 479 g/mol. The van der Waals surface area contributed by atoms with Gasteiger partial charge in [0.15, 0.2) is 0 Å². The lowest BCUT2D eigenvalue weighted by Gasteiger charge is -2.35. The van der Waals surface area contributed by atoms with Crippen LogP contribution in [0.25, 0.3) is 11.4 Å². The molecule has 5 aromatic rings. The van der Waals surface area contributed by atoms with Gasteiger partial charge in [0.25, 0.3) is 0 Å². The number of rotatable bonds is 7. The molecule has 0 bridgehead atoms. The summed E-state index contributed by atoms with van der Waals surface area (Å²) < 4.78 is 33.9. The molecule has 13 heteroatoms. The maximum absolute atomic E-state index is 14.8. The minimum atomic E-state index is -1.97. The number of aliphatic hydroxyl groups is 1. The van der Waals surface area contributed by atoms with Crippen LogP contribution in [0.4, 0.5) is 8.78 Å². The molecule has 0 radical (unpaired) electrons. The molecule has 0 unspecified atom stereocenters. The van der Waals surface area contributed by atoms with Crippen LogP contribution < -0.4 is 5.69 Å². The second-order valence-electron chi connectivity index (χ2n) is 7.95. The molecule has 178 valence electrons. The molecule has 3 aromatic heterocycles. The van der Waals surface area contributed by atoms with Gasteiger partial charge in [-0.3, -0.25) is 9.13 Å². The normalized spacial score (nSPS) is 14.1. The van der Waals surface area contributed by atoms with E-state index in [2.05, 4.69) is 25.6 Å². The number of halogens is 2. The number of nitrogens with zero attached hydrogens (tertiary/aromatic N) is 9. The van der Waals surface area contributed by atoms with Crippen LogP contribution in [-0.2, 0) is 12.1 Å². The molecule has 2 aromatic carbocycles. The maximum atomic E-state index is 14.8. The number of hydrogen-bond acceptors (Lipinski definition) is 7. The molecule has 3 heterocycles. The number of tetrazole rings is 1. The number of imidazole rings is 1. The van der Waals surface area contributed by atoms with Gasteiger partial charge >= 0.3 is 5.69 Å². The Hall–Kier alpha value is -4.52. The first-order chi connectivity index (χ1) is 16.9. The van der Waals surface area contributed by atoms with Crippen LogP contribution in [0.5, 0.6) is 0 Å². The van der Waals surface area contributed by atoms with Crippen LogP contribution in [0.15, 0.2) is 78.6 Å². The molecule has 0 aliphatic carbocycles. The zero-order valence-electron chi connectivity index (χ0n) is 18.3. The van der Waals surface area contributed by atoms with E-state index < -0.39 is 29.0 Å². The van der Waals surface area contributed by atoms with Crippen LogP contribution in [0, 0.1) is 11.6 Å². The van der Waals surface area contributed by atoms with Crippen molar-refractivity contribution in [2.24, 2.45) is 0 Å². The average molecular weight is 479 g/mol. The van der Waals surface area contributed by atoms with Gasteiger partial charge in [-0.05, 0) is 47.7 Å². The Balaban J connectivity index is 1.53. The first-order valence-electron chi connectivity index (χ1n) is 10.5. The summed E-state index contributed by atoms with van der Waals surface area (Å²) >= 11 is 0. The molecule has 0 spiro atoms. The topological polar surface area (TPSA) is 121 Å². The van der Waals surface area contributed by atoms with E-state index in [9.17, 15) is 18.7 Å². The van der Waals surface area contributed by atoms with Gasteiger partial charge in [0, 0.05) is 24.0 Å². The Morgan fingerprint density at radius 2 is 1.83 bits per heavy atom. The van der Waals surface area contributed by atoms with E-state index in [4.69, 9.17) is 0 Å². The Bertz CT molecular complexity index is 1490. The number of aromatic nitrogens is 9. The van der Waals surface area contributed by atoms with Crippen molar-refractivity contribution in [1.29, 1.82) is 0 Å². The Labute approximate surface area is 196 Å². The summed E-state index contributed by atoms with van der Waals surface area (Å²) in [7, 11) is 0. The summed E-state index contributed by atoms with van der Waals surface area (Å²) in [6.45, 7) is 1.35. The van der Waals surface area contributed by atoms with E-state index in [1.165, 1.54) is 43.7 Å². The minimum absolute atomic E-state index is 0.174. The molecule has 2 atom stereocenters. The lowest BCUT2D eigenvalue weighted by molar-refractivity contribution is -0.0342. The van der Waals surface area contributed by atoms with Gasteiger partial charge in [-0.2, -0.15) is 5.10 Å². The van der Waals surface area contributed by atoms with Crippen molar-refractivity contribution in [3.63, 3.8) is 0 Å². The van der Waals surface area contributed by atoms with Crippen molar-refractivity contribution >= 4 is 0 Å². The van der Waals surface area contributed by atoms with E-state index in [0.717, 1.165) is 12.1 Å². The highest BCUT2D eigenvalue weighted by molar-refractivity contribution is 5.40. The van der Waals surface area contributed by atoms with Crippen molar-refractivity contribution in [1.82, 2.24) is 44.1 Å². The predicted octanol–water partition coefficient (Wildman–Crippen LogP) is 1.63. The summed E-state index contributed by atoms with van der Waals surface area (Å²) in [5.41, 5.74) is -1.34. The van der Waals surface area contributed by atoms with Crippen molar-refractivity contribution in [2.75, 3.05) is 0 Å². The molecular formula is C22H19F2N9O2. The minimum Gasteiger partial charge on any atom is -0.381 e. The molecule has 1 N–H and O–H groups in total. The van der Waals surface area contributed by atoms with E-state index in [1.807, 2.05) is 0 Å². The van der Waals surface area contributed by atoms with E-state index in [0.29, 0.717) is 17.4 Å². The second-order valence-corrected chi connectivity index (χ2v) is 7.95. The van der Waals surface area contributed by atoms with Crippen LogP contribution in [0.1, 0.15) is 18.5 Å². The van der Waals surface area contributed by atoms with Crippen LogP contribution in [0.2, 0.25) is 0 Å². The molecule has 35 heavy (non-hydrogen) atoms. The Kier molecular flexibility index (Phi) is 5.53. The summed E-state index contributed by atoms with van der Waals surface area (Å²) in [6.07, 6.45) is 7.12. The molecule has 0 amide bonds. The lowest BCUT2D eigenvalue weighted by Crippen LogP contribution is -2.43. The van der Waals surface area contributed by atoms with Crippen molar-refractivity contribution in [3.8, 4) is 11.4 Å². The predicted molar refractivity (Wildman–Crippen MR) is 118 cm³/mol. The SMILES string of the molecule is C[C@H](n1ccn(-c2ccc(-n3cnnn3)cc2)c1=O)[C@](O)(Cn1cncn1)c1ccc(F)cc1F. The molecule has 5 rings (SSSR count). The van der Waals surface area contributed by atoms with Crippen molar-refractivity contribution < 1.29 is 13.9 Å². The van der Waals surface area contributed by atoms with Crippen LogP contribution in [-0.4, -0.2) is 49.2 Å². The number of benzene rings is 2. The summed E-state index contributed by atoms with van der Waals surface area (Å²) in [5.74, 6) is -1.72. The van der Waals surface area contributed by atoms with Gasteiger partial charge in [-0.25, -0.2) is 27.9 Å². The third kappa shape index (κ3) is 4.01. The van der Waals surface area contributed by atoms with Gasteiger partial charge in [0.2, 0.25) is 0 Å². The zero-order valence-corrected chi connectivity index (χ0v) is 18.3. The highest BCUT2D eigenvalue weighted by Crippen LogP contribution is 2.36. The highest BCUT2D eigenvalue weighted by atomic mass is 19.1. The molecular weight excluding hydrogens is 460 g/mol. The first-order valence-corrected chi connectivity index (χ1v) is 10.5. The highest BCUT2D eigenvalue weighted by Gasteiger charge is 2.41. The Morgan fingerprint density at radius 3 is 2.49 bits per heavy atom. The summed E-state index contributed by atoms with van der Waals surface area (Å²) in [5, 5.41) is 26.8. The standard InChI is InChI=1S/C22H19F2N9O2/c1-15(22(35,11-30-13-25-12-27-30)19-7-2-16(23)10-20(19)24)31-8-9-32(21(31)34)17-3-5-18(6-4-17)33-14-26-28-29-33/h2-10,12-15,35H,11H2,1H3/t15-,22+/m0/s1. The third-order valence-corrected chi connectivity index (χ3v) is 5.92. The zero-order chi connectivity index (χ0) is 24.6. The molecule has 0 fully saturated rings. The van der Waals surface area contributed by atoms with Crippen molar-refractivity contribution in [3.05, 3.63) is 102 Å². The lowest BCUT2D eigenvalue weighted by atomic mass is 9.86. The summed E-state index contributed by atoms with van der Waals surface area (Å²) in [6, 6.07) is 8.86. The molecule has 0 aliphatic heterocycles. The molecule has 11 nitrogen and oxygen atoms in total. The third-order valence-electron chi connectivity index (χ3n) is 5.92. The first kappa shape index (κ1) is 22.3. The van der Waals surface area contributed by atoms with Gasteiger partial charge in [0.1, 0.15) is 36.2 Å². The quantitative estimate of drug-likeness (QED) is 0.377.